The van der Waals surface area contributed by atoms with Gasteiger partial charge in [-0.2, -0.15) is 0 Å². The van der Waals surface area contributed by atoms with Crippen LogP contribution in [0.1, 0.15) is 5.56 Å². The minimum absolute atomic E-state index is 0.0973. The molecule has 0 aromatic heterocycles. The lowest BCUT2D eigenvalue weighted by molar-refractivity contribution is -0.186. The lowest BCUT2D eigenvalue weighted by Gasteiger charge is -2.02. The Kier molecular flexibility index (Phi) is 3.07. The standard InChI is InChI=1S/C11H9O3P/c12-15(13)14-8-10-6-3-5-9-4-1-2-7-11(9)10/h1-7H,8H2. The Hall–Kier alpha value is -1.28. The van der Waals surface area contributed by atoms with Crippen molar-refractivity contribution in [1.82, 2.24) is 0 Å². The summed E-state index contributed by atoms with van der Waals surface area (Å²) in [6, 6.07) is 13.5. The first kappa shape index (κ1) is 10.2. The third-order valence-electron chi connectivity index (χ3n) is 2.21. The molecule has 0 saturated heterocycles. The van der Waals surface area contributed by atoms with Crippen molar-refractivity contribution in [3.63, 3.8) is 0 Å². The molecule has 0 N–H and O–H groups in total. The summed E-state index contributed by atoms with van der Waals surface area (Å²) < 4.78 is 14.9. The Bertz CT molecular complexity index is 491. The normalized spacial score (nSPS) is 11.7. The average Bonchev–Trinajstić information content (AvgIpc) is 2.26. The predicted octanol–water partition coefficient (Wildman–Crippen LogP) is 2.37. The first-order valence-corrected chi connectivity index (χ1v) is 5.61. The molecule has 0 bridgehead atoms. The topological polar surface area (TPSA) is 49.4 Å². The van der Waals surface area contributed by atoms with Gasteiger partial charge in [0.2, 0.25) is 0 Å². The Morgan fingerprint density at radius 3 is 2.67 bits per heavy atom. The van der Waals surface area contributed by atoms with E-state index < -0.39 is 8.25 Å². The van der Waals surface area contributed by atoms with Crippen molar-refractivity contribution in [2.75, 3.05) is 0 Å². The molecule has 1 unspecified atom stereocenters. The van der Waals surface area contributed by atoms with E-state index in [0.29, 0.717) is 0 Å². The van der Waals surface area contributed by atoms with Crippen molar-refractivity contribution in [3.05, 3.63) is 48.0 Å². The van der Waals surface area contributed by atoms with Gasteiger partial charge in [0.05, 0.1) is 0 Å². The highest BCUT2D eigenvalue weighted by Gasteiger charge is 2.05. The molecule has 1 atom stereocenters. The molecule has 0 aliphatic carbocycles. The van der Waals surface area contributed by atoms with Gasteiger partial charge in [-0.05, 0) is 20.9 Å². The predicted molar refractivity (Wildman–Crippen MR) is 56.3 cm³/mol. The highest BCUT2D eigenvalue weighted by atomic mass is 31.1. The summed E-state index contributed by atoms with van der Waals surface area (Å²) >= 11 is 0. The molecule has 0 aliphatic rings. The summed E-state index contributed by atoms with van der Waals surface area (Å²) in [5.41, 5.74) is 0.882. The molecule has 0 spiro atoms. The fourth-order valence-electron chi connectivity index (χ4n) is 1.54. The van der Waals surface area contributed by atoms with E-state index in [-0.39, 0.29) is 6.61 Å². The maximum atomic E-state index is 10.3. The van der Waals surface area contributed by atoms with Crippen LogP contribution in [0.15, 0.2) is 42.5 Å². The zero-order chi connectivity index (χ0) is 10.7. The highest BCUT2D eigenvalue weighted by Crippen LogP contribution is 2.21. The van der Waals surface area contributed by atoms with E-state index in [1.54, 1.807) is 0 Å². The van der Waals surface area contributed by atoms with Crippen molar-refractivity contribution >= 4 is 19.0 Å². The van der Waals surface area contributed by atoms with Gasteiger partial charge in [-0.1, -0.05) is 42.5 Å². The summed E-state index contributed by atoms with van der Waals surface area (Å²) in [6.07, 6.45) is 0. The van der Waals surface area contributed by atoms with Crippen molar-refractivity contribution in [1.29, 1.82) is 0 Å². The van der Waals surface area contributed by atoms with Gasteiger partial charge in [0.25, 0.3) is 0 Å². The first-order valence-electron chi connectivity index (χ1n) is 4.51. The number of fused-ring (bicyclic) bond motifs is 1. The molecule has 0 saturated carbocycles. The van der Waals surface area contributed by atoms with Crippen molar-refractivity contribution in [2.24, 2.45) is 0 Å². The van der Waals surface area contributed by atoms with Crippen LogP contribution in [-0.4, -0.2) is 0 Å². The molecular weight excluding hydrogens is 211 g/mol. The third-order valence-corrected chi connectivity index (χ3v) is 2.55. The van der Waals surface area contributed by atoms with Gasteiger partial charge in [-0.25, -0.2) is 0 Å². The van der Waals surface area contributed by atoms with E-state index in [4.69, 9.17) is 0 Å². The Morgan fingerprint density at radius 1 is 1.13 bits per heavy atom. The summed E-state index contributed by atoms with van der Waals surface area (Å²) in [6.45, 7) is 0.0973. The van der Waals surface area contributed by atoms with E-state index in [2.05, 4.69) is 4.52 Å². The van der Waals surface area contributed by atoms with Gasteiger partial charge >= 0.3 is 8.25 Å². The molecular formula is C11H9O3P. The monoisotopic (exact) mass is 220 g/mol. The van der Waals surface area contributed by atoms with E-state index in [1.807, 2.05) is 42.5 Å². The van der Waals surface area contributed by atoms with Gasteiger partial charge in [0.15, 0.2) is 0 Å². The second-order valence-electron chi connectivity index (χ2n) is 3.14. The zero-order valence-electron chi connectivity index (χ0n) is 7.92. The van der Waals surface area contributed by atoms with Crippen LogP contribution in [0.5, 0.6) is 0 Å². The van der Waals surface area contributed by atoms with Crippen molar-refractivity contribution in [2.45, 2.75) is 6.61 Å². The molecule has 3 nitrogen and oxygen atoms in total. The second kappa shape index (κ2) is 4.49. The third kappa shape index (κ3) is 2.39. The van der Waals surface area contributed by atoms with E-state index in [1.165, 1.54) is 0 Å². The second-order valence-corrected chi connectivity index (χ2v) is 3.84. The van der Waals surface area contributed by atoms with Crippen molar-refractivity contribution < 1.29 is 14.0 Å². The molecule has 2 aromatic carbocycles. The molecule has 76 valence electrons. The number of hydrogen-bond donors (Lipinski definition) is 0. The van der Waals surface area contributed by atoms with Crippen LogP contribution in [0.2, 0.25) is 0 Å². The molecule has 0 fully saturated rings. The lowest BCUT2D eigenvalue weighted by atomic mass is 10.1. The molecule has 2 rings (SSSR count). The molecule has 0 heterocycles. The smallest absolute Gasteiger partial charge is 0.488 e. The summed E-state index contributed by atoms with van der Waals surface area (Å²) in [5.74, 6) is 0. The molecule has 15 heavy (non-hydrogen) atoms. The minimum Gasteiger partial charge on any atom is -0.566 e. The van der Waals surface area contributed by atoms with Crippen LogP contribution in [0.4, 0.5) is 0 Å². The molecule has 0 radical (unpaired) electrons. The fraction of sp³-hybridized carbons (Fsp3) is 0.0909. The van der Waals surface area contributed by atoms with Gasteiger partial charge in [0, 0.05) is 0 Å². The van der Waals surface area contributed by atoms with E-state index in [0.717, 1.165) is 16.3 Å². The Morgan fingerprint density at radius 2 is 1.87 bits per heavy atom. The summed E-state index contributed by atoms with van der Waals surface area (Å²) in [4.78, 5) is 10.3. The summed E-state index contributed by atoms with van der Waals surface area (Å²) in [5, 5.41) is 2.11. The molecule has 0 aliphatic heterocycles. The molecule has 2 aromatic rings. The van der Waals surface area contributed by atoms with Crippen LogP contribution >= 0.6 is 8.25 Å². The number of rotatable bonds is 3. The number of hydrogen-bond acceptors (Lipinski definition) is 3. The number of benzene rings is 2. The van der Waals surface area contributed by atoms with Gasteiger partial charge in [-0.15, -0.1) is 4.52 Å². The summed E-state index contributed by atoms with van der Waals surface area (Å²) in [7, 11) is -2.78. The average molecular weight is 220 g/mol. The largest absolute Gasteiger partial charge is 0.566 e. The molecule has 4 heteroatoms. The van der Waals surface area contributed by atoms with Gasteiger partial charge in [-0.3, -0.25) is 0 Å². The van der Waals surface area contributed by atoms with Gasteiger partial charge < -0.3 is 4.89 Å². The van der Waals surface area contributed by atoms with Crippen molar-refractivity contribution in [3.8, 4) is 0 Å². The Labute approximate surface area is 88.3 Å². The highest BCUT2D eigenvalue weighted by molar-refractivity contribution is 7.30. The van der Waals surface area contributed by atoms with Crippen LogP contribution < -0.4 is 4.89 Å². The maximum absolute atomic E-state index is 10.3. The maximum Gasteiger partial charge on any atom is 0.488 e. The van der Waals surface area contributed by atoms with Gasteiger partial charge in [0.1, 0.15) is 6.61 Å². The Balaban J connectivity index is 2.38. The fourth-order valence-corrected chi connectivity index (χ4v) is 1.79. The van der Waals surface area contributed by atoms with Crippen LogP contribution in [0.3, 0.4) is 0 Å². The van der Waals surface area contributed by atoms with Crippen LogP contribution in [0, 0.1) is 0 Å². The first-order chi connectivity index (χ1) is 7.27. The van der Waals surface area contributed by atoms with E-state index >= 15 is 0 Å². The lowest BCUT2D eigenvalue weighted by Crippen LogP contribution is -1.93. The SMILES string of the molecule is O=[P+]([O-])OCc1cccc2ccccc12. The van der Waals surface area contributed by atoms with E-state index in [9.17, 15) is 9.46 Å². The van der Waals surface area contributed by atoms with Crippen LogP contribution in [-0.2, 0) is 15.7 Å². The minimum atomic E-state index is -2.78. The van der Waals surface area contributed by atoms with Crippen LogP contribution in [0.25, 0.3) is 10.8 Å². The quantitative estimate of drug-likeness (QED) is 0.746. The zero-order valence-corrected chi connectivity index (χ0v) is 8.81. The molecule has 0 amide bonds.